The first-order valence-corrected chi connectivity index (χ1v) is 2.71. The van der Waals surface area contributed by atoms with Gasteiger partial charge in [-0.2, -0.15) is 4.91 Å². The van der Waals surface area contributed by atoms with Gasteiger partial charge in [0.2, 0.25) is 0 Å². The molecule has 0 N–H and O–H groups in total. The van der Waals surface area contributed by atoms with Crippen LogP contribution in [0.1, 0.15) is 6.92 Å². The van der Waals surface area contributed by atoms with Gasteiger partial charge in [0, 0.05) is 13.3 Å². The largest absolute Gasteiger partial charge is 0.296 e. The number of hydrogen-bond donors (Lipinski definition) is 0. The summed E-state index contributed by atoms with van der Waals surface area (Å²) in [6.45, 7) is 2.07. The van der Waals surface area contributed by atoms with Crippen LogP contribution in [0, 0.1) is 4.91 Å². The number of nitroso groups, excluding NO2 is 1. The Kier molecular flexibility index (Phi) is 4.59. The Morgan fingerprint density at radius 1 is 1.67 bits per heavy atom. The molecule has 0 aliphatic rings. The second-order valence-corrected chi connectivity index (χ2v) is 1.54. The van der Waals surface area contributed by atoms with E-state index in [-0.39, 0.29) is 6.54 Å². The molecule has 3 heteroatoms. The van der Waals surface area contributed by atoms with Gasteiger partial charge in [0.15, 0.2) is 0 Å². The van der Waals surface area contributed by atoms with E-state index in [1.807, 2.05) is 13.0 Å². The minimum Gasteiger partial charge on any atom is -0.296 e. The molecule has 0 heterocycles. The molecule has 0 spiro atoms. The maximum Gasteiger partial charge on any atom is 0.107 e. The SMILES string of the molecule is C/C=C(\C=NC)CN=O. The van der Waals surface area contributed by atoms with Crippen molar-refractivity contribution in [2.24, 2.45) is 10.2 Å². The predicted molar refractivity (Wildman–Crippen MR) is 38.8 cm³/mol. The van der Waals surface area contributed by atoms with Crippen LogP contribution >= 0.6 is 0 Å². The van der Waals surface area contributed by atoms with Crippen molar-refractivity contribution < 1.29 is 0 Å². The topological polar surface area (TPSA) is 41.8 Å². The summed E-state index contributed by atoms with van der Waals surface area (Å²) in [6, 6.07) is 0. The van der Waals surface area contributed by atoms with Crippen LogP contribution in [0.2, 0.25) is 0 Å². The van der Waals surface area contributed by atoms with Gasteiger partial charge in [-0.15, -0.1) is 0 Å². The molecule has 0 aliphatic carbocycles. The van der Waals surface area contributed by atoms with E-state index >= 15 is 0 Å². The van der Waals surface area contributed by atoms with E-state index in [4.69, 9.17) is 0 Å². The Morgan fingerprint density at radius 3 is 2.67 bits per heavy atom. The van der Waals surface area contributed by atoms with Crippen molar-refractivity contribution in [1.82, 2.24) is 0 Å². The molecular formula is C6H10N2O. The third-order valence-electron chi connectivity index (χ3n) is 0.913. The molecule has 0 saturated heterocycles. The highest BCUT2D eigenvalue weighted by Gasteiger charge is 1.87. The van der Waals surface area contributed by atoms with Crippen LogP contribution in [0.15, 0.2) is 21.8 Å². The molecule has 0 atom stereocenters. The lowest BCUT2D eigenvalue weighted by atomic mass is 10.3. The second-order valence-electron chi connectivity index (χ2n) is 1.54. The van der Waals surface area contributed by atoms with Crippen LogP contribution < -0.4 is 0 Å². The Bertz CT molecular complexity index is 138. The summed E-state index contributed by atoms with van der Waals surface area (Å²) in [6.07, 6.45) is 3.44. The van der Waals surface area contributed by atoms with Gasteiger partial charge >= 0.3 is 0 Å². The van der Waals surface area contributed by atoms with Crippen molar-refractivity contribution in [3.8, 4) is 0 Å². The van der Waals surface area contributed by atoms with E-state index in [1.165, 1.54) is 0 Å². The monoisotopic (exact) mass is 126 g/mol. The number of aliphatic imine (C=N–C) groups is 1. The Morgan fingerprint density at radius 2 is 2.33 bits per heavy atom. The van der Waals surface area contributed by atoms with Crippen LogP contribution in [0.3, 0.4) is 0 Å². The summed E-state index contributed by atoms with van der Waals surface area (Å²) in [5.74, 6) is 0. The summed E-state index contributed by atoms with van der Waals surface area (Å²) in [4.78, 5) is 13.4. The Balaban J connectivity index is 3.84. The van der Waals surface area contributed by atoms with E-state index in [2.05, 4.69) is 10.2 Å². The van der Waals surface area contributed by atoms with E-state index < -0.39 is 0 Å². The molecule has 0 aliphatic heterocycles. The van der Waals surface area contributed by atoms with Gasteiger partial charge in [-0.3, -0.25) is 4.99 Å². The average molecular weight is 126 g/mol. The third kappa shape index (κ3) is 3.58. The number of nitrogens with zero attached hydrogens (tertiary/aromatic N) is 2. The molecule has 0 radical (unpaired) electrons. The summed E-state index contributed by atoms with van der Waals surface area (Å²) in [7, 11) is 1.66. The third-order valence-corrected chi connectivity index (χ3v) is 0.913. The molecule has 0 unspecified atom stereocenters. The molecule has 0 bridgehead atoms. The van der Waals surface area contributed by atoms with Gasteiger partial charge in [0.1, 0.15) is 6.54 Å². The Hall–Kier alpha value is -0.990. The molecule has 0 amide bonds. The Labute approximate surface area is 54.5 Å². The highest BCUT2D eigenvalue weighted by atomic mass is 16.3. The van der Waals surface area contributed by atoms with Crippen LogP contribution in [0.4, 0.5) is 0 Å². The van der Waals surface area contributed by atoms with Gasteiger partial charge in [-0.25, -0.2) is 0 Å². The summed E-state index contributed by atoms with van der Waals surface area (Å²) in [5, 5.41) is 2.72. The first-order valence-electron chi connectivity index (χ1n) is 2.71. The molecule has 0 aromatic heterocycles. The lowest BCUT2D eigenvalue weighted by Gasteiger charge is -1.87. The highest BCUT2D eigenvalue weighted by Crippen LogP contribution is 1.89. The summed E-state index contributed by atoms with van der Waals surface area (Å²) in [5.41, 5.74) is 0.854. The number of rotatable bonds is 3. The number of allylic oxidation sites excluding steroid dienone is 1. The van der Waals surface area contributed by atoms with Crippen molar-refractivity contribution in [3.63, 3.8) is 0 Å². The average Bonchev–Trinajstić information content (AvgIpc) is 1.88. The lowest BCUT2D eigenvalue weighted by Crippen LogP contribution is -1.87. The van der Waals surface area contributed by atoms with Crippen molar-refractivity contribution in [2.75, 3.05) is 13.6 Å². The predicted octanol–water partition coefficient (Wildman–Crippen LogP) is 1.40. The van der Waals surface area contributed by atoms with Gasteiger partial charge in [0.25, 0.3) is 0 Å². The van der Waals surface area contributed by atoms with Crippen molar-refractivity contribution >= 4 is 6.21 Å². The zero-order chi connectivity index (χ0) is 7.11. The zero-order valence-electron chi connectivity index (χ0n) is 5.66. The molecule has 0 saturated carbocycles. The van der Waals surface area contributed by atoms with Crippen LogP contribution in [0.25, 0.3) is 0 Å². The fourth-order valence-corrected chi connectivity index (χ4v) is 0.447. The smallest absolute Gasteiger partial charge is 0.107 e. The van der Waals surface area contributed by atoms with Crippen LogP contribution in [0.5, 0.6) is 0 Å². The highest BCUT2D eigenvalue weighted by molar-refractivity contribution is 5.78. The first kappa shape index (κ1) is 8.01. The van der Waals surface area contributed by atoms with Crippen LogP contribution in [-0.2, 0) is 0 Å². The van der Waals surface area contributed by atoms with Crippen molar-refractivity contribution in [2.45, 2.75) is 6.92 Å². The lowest BCUT2D eigenvalue weighted by molar-refractivity contribution is 1.18. The minimum absolute atomic E-state index is 0.216. The van der Waals surface area contributed by atoms with Gasteiger partial charge in [-0.05, 0) is 12.5 Å². The van der Waals surface area contributed by atoms with Gasteiger partial charge < -0.3 is 0 Å². The fraction of sp³-hybridized carbons (Fsp3) is 0.500. The number of hydrogen-bond acceptors (Lipinski definition) is 3. The maximum atomic E-state index is 9.70. The summed E-state index contributed by atoms with van der Waals surface area (Å²) < 4.78 is 0. The van der Waals surface area contributed by atoms with E-state index in [1.54, 1.807) is 13.3 Å². The summed E-state index contributed by atoms with van der Waals surface area (Å²) >= 11 is 0. The van der Waals surface area contributed by atoms with E-state index in [9.17, 15) is 4.91 Å². The molecule has 9 heavy (non-hydrogen) atoms. The zero-order valence-corrected chi connectivity index (χ0v) is 5.66. The van der Waals surface area contributed by atoms with Gasteiger partial charge in [-0.1, -0.05) is 11.3 Å². The molecule has 50 valence electrons. The maximum absolute atomic E-state index is 9.70. The molecule has 3 nitrogen and oxygen atoms in total. The molecule has 0 fully saturated rings. The second kappa shape index (κ2) is 5.15. The van der Waals surface area contributed by atoms with E-state index in [0.717, 1.165) is 5.57 Å². The molecule has 0 rings (SSSR count). The van der Waals surface area contributed by atoms with Crippen LogP contribution in [-0.4, -0.2) is 19.8 Å². The quantitative estimate of drug-likeness (QED) is 0.416. The normalized spacial score (nSPS) is 12.4. The van der Waals surface area contributed by atoms with E-state index in [0.29, 0.717) is 0 Å². The van der Waals surface area contributed by atoms with Crippen molar-refractivity contribution in [3.05, 3.63) is 16.6 Å². The molecule has 0 aromatic carbocycles. The minimum atomic E-state index is 0.216. The standard InChI is InChI=1S/C6H10N2O/c1-3-6(4-7-2)5-8-9/h3-4H,5H2,1-2H3/b6-3+,7-4?. The van der Waals surface area contributed by atoms with Gasteiger partial charge in [0.05, 0.1) is 0 Å². The van der Waals surface area contributed by atoms with Crippen molar-refractivity contribution in [1.29, 1.82) is 0 Å². The molecule has 0 aromatic rings. The first-order chi connectivity index (χ1) is 4.35. The fourth-order valence-electron chi connectivity index (χ4n) is 0.447. The molecular weight excluding hydrogens is 116 g/mol.